The van der Waals surface area contributed by atoms with E-state index in [1.165, 1.54) is 12.1 Å². The molecule has 0 saturated heterocycles. The molecule has 1 atom stereocenters. The molecule has 0 saturated carbocycles. The van der Waals surface area contributed by atoms with Crippen molar-refractivity contribution < 1.29 is 8.81 Å². The zero-order chi connectivity index (χ0) is 10.8. The van der Waals surface area contributed by atoms with Crippen LogP contribution in [0.25, 0.3) is 11.0 Å². The van der Waals surface area contributed by atoms with E-state index in [-0.39, 0.29) is 11.9 Å². The molecule has 1 heterocycles. The molecule has 0 amide bonds. The number of benzene rings is 1. The minimum absolute atomic E-state index is 0.210. The van der Waals surface area contributed by atoms with Gasteiger partial charge in [-0.1, -0.05) is 6.08 Å². The second kappa shape index (κ2) is 3.87. The highest BCUT2D eigenvalue weighted by atomic mass is 19.1. The Balaban J connectivity index is 2.42. The Kier molecular flexibility index (Phi) is 2.56. The van der Waals surface area contributed by atoms with Crippen LogP contribution in [0.5, 0.6) is 0 Å². The summed E-state index contributed by atoms with van der Waals surface area (Å²) >= 11 is 0. The summed E-state index contributed by atoms with van der Waals surface area (Å²) in [5.41, 5.74) is 6.51. The SMILES string of the molecule is C=CCC(N)c1cc2cc(F)ccc2o1. The second-order valence-electron chi connectivity index (χ2n) is 3.46. The molecule has 1 aromatic heterocycles. The van der Waals surface area contributed by atoms with Gasteiger partial charge in [-0.15, -0.1) is 6.58 Å². The van der Waals surface area contributed by atoms with Crippen LogP contribution in [-0.2, 0) is 0 Å². The van der Waals surface area contributed by atoms with Crippen LogP contribution in [0.15, 0.2) is 41.3 Å². The van der Waals surface area contributed by atoms with Gasteiger partial charge >= 0.3 is 0 Å². The largest absolute Gasteiger partial charge is 0.459 e. The number of fused-ring (bicyclic) bond motifs is 1. The summed E-state index contributed by atoms with van der Waals surface area (Å²) in [5, 5.41) is 0.740. The lowest BCUT2D eigenvalue weighted by molar-refractivity contribution is 0.497. The standard InChI is InChI=1S/C12H12FNO/c1-2-3-10(14)12-7-8-6-9(13)4-5-11(8)15-12/h2,4-7,10H,1,3,14H2. The summed E-state index contributed by atoms with van der Waals surface area (Å²) in [6.45, 7) is 3.61. The van der Waals surface area contributed by atoms with Gasteiger partial charge in [0.15, 0.2) is 0 Å². The summed E-state index contributed by atoms with van der Waals surface area (Å²) < 4.78 is 18.4. The van der Waals surface area contributed by atoms with E-state index in [1.807, 2.05) is 0 Å². The van der Waals surface area contributed by atoms with E-state index >= 15 is 0 Å². The van der Waals surface area contributed by atoms with Crippen LogP contribution >= 0.6 is 0 Å². The van der Waals surface area contributed by atoms with Gasteiger partial charge in [-0.25, -0.2) is 4.39 Å². The maximum atomic E-state index is 12.9. The molecule has 2 rings (SSSR count). The number of hydrogen-bond acceptors (Lipinski definition) is 2. The fraction of sp³-hybridized carbons (Fsp3) is 0.167. The average Bonchev–Trinajstić information content (AvgIpc) is 2.60. The van der Waals surface area contributed by atoms with E-state index in [0.29, 0.717) is 17.8 Å². The van der Waals surface area contributed by atoms with Crippen molar-refractivity contribution in [3.8, 4) is 0 Å². The number of rotatable bonds is 3. The summed E-state index contributed by atoms with van der Waals surface area (Å²) in [6.07, 6.45) is 2.38. The first-order valence-electron chi connectivity index (χ1n) is 4.76. The molecule has 0 fully saturated rings. The molecule has 0 aliphatic heterocycles. The fourth-order valence-electron chi connectivity index (χ4n) is 1.51. The van der Waals surface area contributed by atoms with Crippen molar-refractivity contribution in [2.24, 2.45) is 5.73 Å². The topological polar surface area (TPSA) is 39.2 Å². The average molecular weight is 205 g/mol. The zero-order valence-electron chi connectivity index (χ0n) is 8.24. The van der Waals surface area contributed by atoms with Crippen molar-refractivity contribution >= 4 is 11.0 Å². The van der Waals surface area contributed by atoms with Gasteiger partial charge in [-0.2, -0.15) is 0 Å². The smallest absolute Gasteiger partial charge is 0.134 e. The van der Waals surface area contributed by atoms with Crippen molar-refractivity contribution in [2.75, 3.05) is 0 Å². The van der Waals surface area contributed by atoms with Gasteiger partial charge in [0.25, 0.3) is 0 Å². The van der Waals surface area contributed by atoms with Crippen LogP contribution in [0.4, 0.5) is 4.39 Å². The van der Waals surface area contributed by atoms with Gasteiger partial charge in [0.1, 0.15) is 17.2 Å². The van der Waals surface area contributed by atoms with Crippen LogP contribution in [0.2, 0.25) is 0 Å². The molecule has 3 heteroatoms. The van der Waals surface area contributed by atoms with Gasteiger partial charge in [0.05, 0.1) is 6.04 Å². The third kappa shape index (κ3) is 1.92. The fourth-order valence-corrected chi connectivity index (χ4v) is 1.51. The predicted molar refractivity (Wildman–Crippen MR) is 57.9 cm³/mol. The molecular formula is C12H12FNO. The Bertz CT molecular complexity index is 489. The monoisotopic (exact) mass is 205 g/mol. The van der Waals surface area contributed by atoms with Crippen LogP contribution in [0.1, 0.15) is 18.2 Å². The molecule has 2 N–H and O–H groups in total. The molecule has 0 aliphatic rings. The molecule has 1 aromatic carbocycles. The second-order valence-corrected chi connectivity index (χ2v) is 3.46. The van der Waals surface area contributed by atoms with Crippen LogP contribution < -0.4 is 5.73 Å². The minimum atomic E-state index is -0.271. The van der Waals surface area contributed by atoms with Crippen molar-refractivity contribution in [1.82, 2.24) is 0 Å². The van der Waals surface area contributed by atoms with Crippen LogP contribution in [0, 0.1) is 5.82 Å². The molecule has 0 bridgehead atoms. The molecular weight excluding hydrogens is 193 g/mol. The Hall–Kier alpha value is -1.61. The minimum Gasteiger partial charge on any atom is -0.459 e. The summed E-state index contributed by atoms with van der Waals surface area (Å²) in [7, 11) is 0. The molecule has 15 heavy (non-hydrogen) atoms. The molecule has 78 valence electrons. The van der Waals surface area contributed by atoms with E-state index in [1.54, 1.807) is 18.2 Å². The highest BCUT2D eigenvalue weighted by Gasteiger charge is 2.10. The van der Waals surface area contributed by atoms with Crippen LogP contribution in [-0.4, -0.2) is 0 Å². The van der Waals surface area contributed by atoms with Crippen molar-refractivity contribution in [1.29, 1.82) is 0 Å². The van der Waals surface area contributed by atoms with Gasteiger partial charge in [0, 0.05) is 5.39 Å². The first-order chi connectivity index (χ1) is 7.20. The van der Waals surface area contributed by atoms with Gasteiger partial charge in [0.2, 0.25) is 0 Å². The number of nitrogens with two attached hydrogens (primary N) is 1. The van der Waals surface area contributed by atoms with E-state index in [9.17, 15) is 4.39 Å². The maximum absolute atomic E-state index is 12.9. The van der Waals surface area contributed by atoms with E-state index in [0.717, 1.165) is 5.39 Å². The first-order valence-corrected chi connectivity index (χ1v) is 4.76. The van der Waals surface area contributed by atoms with E-state index < -0.39 is 0 Å². The summed E-state index contributed by atoms with van der Waals surface area (Å²) in [4.78, 5) is 0. The number of halogens is 1. The van der Waals surface area contributed by atoms with E-state index in [4.69, 9.17) is 10.2 Å². The Labute approximate surface area is 87.2 Å². The summed E-state index contributed by atoms with van der Waals surface area (Å²) in [5.74, 6) is 0.391. The van der Waals surface area contributed by atoms with Crippen molar-refractivity contribution in [3.05, 3.63) is 48.5 Å². The molecule has 0 spiro atoms. The van der Waals surface area contributed by atoms with Gasteiger partial charge in [-0.05, 0) is 30.7 Å². The molecule has 0 aliphatic carbocycles. The van der Waals surface area contributed by atoms with Crippen LogP contribution in [0.3, 0.4) is 0 Å². The normalized spacial score (nSPS) is 12.9. The summed E-state index contributed by atoms with van der Waals surface area (Å²) in [6, 6.07) is 5.97. The number of hydrogen-bond donors (Lipinski definition) is 1. The lowest BCUT2D eigenvalue weighted by Crippen LogP contribution is -2.07. The van der Waals surface area contributed by atoms with E-state index in [2.05, 4.69) is 6.58 Å². The third-order valence-electron chi connectivity index (χ3n) is 2.28. The Morgan fingerprint density at radius 3 is 3.00 bits per heavy atom. The van der Waals surface area contributed by atoms with Crippen molar-refractivity contribution in [2.45, 2.75) is 12.5 Å². The Morgan fingerprint density at radius 2 is 2.27 bits per heavy atom. The first kappa shape index (κ1) is 9.93. The number of furan rings is 1. The molecule has 1 unspecified atom stereocenters. The highest BCUT2D eigenvalue weighted by molar-refractivity contribution is 5.78. The van der Waals surface area contributed by atoms with Gasteiger partial charge in [-0.3, -0.25) is 0 Å². The Morgan fingerprint density at radius 1 is 1.47 bits per heavy atom. The molecule has 2 nitrogen and oxygen atoms in total. The molecule has 2 aromatic rings. The zero-order valence-corrected chi connectivity index (χ0v) is 8.24. The lowest BCUT2D eigenvalue weighted by atomic mass is 10.1. The van der Waals surface area contributed by atoms with Crippen molar-refractivity contribution in [3.63, 3.8) is 0 Å². The lowest BCUT2D eigenvalue weighted by Gasteiger charge is -2.02. The third-order valence-corrected chi connectivity index (χ3v) is 2.28. The molecule has 0 radical (unpaired) electrons. The quantitative estimate of drug-likeness (QED) is 0.782. The highest BCUT2D eigenvalue weighted by Crippen LogP contribution is 2.25. The maximum Gasteiger partial charge on any atom is 0.134 e. The predicted octanol–water partition coefficient (Wildman–Crippen LogP) is 3.15. The van der Waals surface area contributed by atoms with Gasteiger partial charge < -0.3 is 10.2 Å².